The van der Waals surface area contributed by atoms with Gasteiger partial charge in [0.25, 0.3) is 0 Å². The van der Waals surface area contributed by atoms with Crippen molar-refractivity contribution >= 4 is 11.4 Å². The van der Waals surface area contributed by atoms with Crippen molar-refractivity contribution in [3.05, 3.63) is 42.5 Å². The molecular formula is C12H13N9. The van der Waals surface area contributed by atoms with E-state index in [-0.39, 0.29) is 0 Å². The number of nitrogens with two attached hydrogens (primary N) is 1. The second-order valence-electron chi connectivity index (χ2n) is 4.76. The van der Waals surface area contributed by atoms with Crippen molar-refractivity contribution in [2.24, 2.45) is 0 Å². The molecule has 0 unspecified atom stereocenters. The lowest BCUT2D eigenvalue weighted by Crippen LogP contribution is -2.43. The van der Waals surface area contributed by atoms with Gasteiger partial charge in [-0.05, 0) is 17.3 Å². The van der Waals surface area contributed by atoms with E-state index in [1.54, 1.807) is 34.3 Å². The molecule has 0 bridgehead atoms. The van der Waals surface area contributed by atoms with Gasteiger partial charge in [0.15, 0.2) is 0 Å². The van der Waals surface area contributed by atoms with Gasteiger partial charge in [-0.25, -0.2) is 4.68 Å². The van der Waals surface area contributed by atoms with Crippen molar-refractivity contribution in [1.29, 1.82) is 0 Å². The second kappa shape index (κ2) is 4.20. The molecule has 0 saturated heterocycles. The number of nitrogens with zero attached hydrogens (tertiary/aromatic N) is 8. The maximum absolute atomic E-state index is 6.02. The SMILES string of the molecule is CN1c2cc(N)cc(-n3ccnn3)c2CN1n1ccnn1. The number of hydrogen-bond acceptors (Lipinski definition) is 7. The Morgan fingerprint density at radius 1 is 1.05 bits per heavy atom. The van der Waals surface area contributed by atoms with Crippen LogP contribution in [0.3, 0.4) is 0 Å². The van der Waals surface area contributed by atoms with Crippen LogP contribution >= 0.6 is 0 Å². The smallest absolute Gasteiger partial charge is 0.0879 e. The van der Waals surface area contributed by atoms with Crippen LogP contribution in [-0.4, -0.2) is 37.1 Å². The van der Waals surface area contributed by atoms with Crippen LogP contribution < -0.4 is 15.9 Å². The van der Waals surface area contributed by atoms with Crippen molar-refractivity contribution < 1.29 is 0 Å². The third-order valence-corrected chi connectivity index (χ3v) is 3.54. The van der Waals surface area contributed by atoms with Gasteiger partial charge in [0.05, 0.1) is 42.7 Å². The second-order valence-corrected chi connectivity index (χ2v) is 4.76. The van der Waals surface area contributed by atoms with Gasteiger partial charge in [-0.1, -0.05) is 5.21 Å². The quantitative estimate of drug-likeness (QED) is 0.659. The van der Waals surface area contributed by atoms with Crippen molar-refractivity contribution in [1.82, 2.24) is 30.1 Å². The Balaban J connectivity index is 1.85. The van der Waals surface area contributed by atoms with Gasteiger partial charge < -0.3 is 5.73 Å². The third-order valence-electron chi connectivity index (χ3n) is 3.54. The van der Waals surface area contributed by atoms with Gasteiger partial charge in [0, 0.05) is 18.3 Å². The Morgan fingerprint density at radius 3 is 2.52 bits per heavy atom. The molecule has 21 heavy (non-hydrogen) atoms. The fourth-order valence-electron chi connectivity index (χ4n) is 2.56. The minimum atomic E-state index is 0.644. The molecule has 3 heterocycles. The predicted molar refractivity (Wildman–Crippen MR) is 76.1 cm³/mol. The van der Waals surface area contributed by atoms with Crippen LogP contribution in [0.1, 0.15) is 5.56 Å². The van der Waals surface area contributed by atoms with Crippen LogP contribution in [0.4, 0.5) is 11.4 Å². The van der Waals surface area contributed by atoms with E-state index in [1.165, 1.54) is 0 Å². The topological polar surface area (TPSA) is 93.9 Å². The lowest BCUT2D eigenvalue weighted by Gasteiger charge is -2.26. The first-order valence-corrected chi connectivity index (χ1v) is 6.41. The summed E-state index contributed by atoms with van der Waals surface area (Å²) in [4.78, 5) is 1.68. The Labute approximate surface area is 120 Å². The number of rotatable bonds is 2. The standard InChI is InChI=1S/C12H13N9/c1-18-11-6-9(13)7-12(19-4-2-14-16-19)10(11)8-21(18)20-5-3-15-17-20/h2-7H,8,13H2,1H3. The van der Waals surface area contributed by atoms with Gasteiger partial charge in [-0.2, -0.15) is 5.12 Å². The summed E-state index contributed by atoms with van der Waals surface area (Å²) in [5, 5.41) is 19.7. The maximum atomic E-state index is 6.02. The number of hydrogen-bond donors (Lipinski definition) is 1. The highest BCUT2D eigenvalue weighted by Crippen LogP contribution is 2.35. The fourth-order valence-corrected chi connectivity index (χ4v) is 2.56. The normalized spacial score (nSPS) is 13.8. The summed E-state index contributed by atoms with van der Waals surface area (Å²) in [6, 6.07) is 3.83. The summed E-state index contributed by atoms with van der Waals surface area (Å²) in [6.45, 7) is 0.644. The first-order valence-electron chi connectivity index (χ1n) is 6.41. The van der Waals surface area contributed by atoms with E-state index in [0.29, 0.717) is 12.2 Å². The molecule has 9 heteroatoms. The molecule has 1 aliphatic rings. The van der Waals surface area contributed by atoms with Crippen LogP contribution in [0.5, 0.6) is 0 Å². The number of aromatic nitrogens is 6. The summed E-state index contributed by atoms with van der Waals surface area (Å²) in [5.41, 5.74) is 9.72. The highest BCUT2D eigenvalue weighted by molar-refractivity contribution is 5.72. The minimum absolute atomic E-state index is 0.644. The number of fused-ring (bicyclic) bond motifs is 1. The molecule has 0 amide bonds. The van der Waals surface area contributed by atoms with Crippen LogP contribution in [0, 0.1) is 0 Å². The molecule has 0 radical (unpaired) electrons. The van der Waals surface area contributed by atoms with Crippen LogP contribution in [-0.2, 0) is 6.54 Å². The predicted octanol–water partition coefficient (Wildman–Crippen LogP) is -0.0560. The monoisotopic (exact) mass is 283 g/mol. The largest absolute Gasteiger partial charge is 0.399 e. The molecular weight excluding hydrogens is 270 g/mol. The number of anilines is 2. The van der Waals surface area contributed by atoms with E-state index in [4.69, 9.17) is 5.73 Å². The molecule has 4 rings (SSSR count). The minimum Gasteiger partial charge on any atom is -0.399 e. The summed E-state index contributed by atoms with van der Waals surface area (Å²) >= 11 is 0. The average molecular weight is 283 g/mol. The van der Waals surface area contributed by atoms with E-state index in [0.717, 1.165) is 16.9 Å². The number of hydrazine groups is 1. The summed E-state index contributed by atoms with van der Waals surface area (Å²) < 4.78 is 1.72. The van der Waals surface area contributed by atoms with Crippen LogP contribution in [0.25, 0.3) is 5.69 Å². The highest BCUT2D eigenvalue weighted by atomic mass is 15.9. The van der Waals surface area contributed by atoms with Crippen molar-refractivity contribution in [2.45, 2.75) is 6.54 Å². The zero-order valence-electron chi connectivity index (χ0n) is 11.3. The van der Waals surface area contributed by atoms with E-state index in [2.05, 4.69) is 20.6 Å². The summed E-state index contributed by atoms with van der Waals surface area (Å²) in [5.74, 6) is 0. The van der Waals surface area contributed by atoms with Gasteiger partial charge in [-0.15, -0.1) is 15.0 Å². The molecule has 0 atom stereocenters. The lowest BCUT2D eigenvalue weighted by atomic mass is 10.1. The molecule has 106 valence electrons. The lowest BCUT2D eigenvalue weighted by molar-refractivity contribution is 0.522. The summed E-state index contributed by atoms with van der Waals surface area (Å²) in [7, 11) is 1.96. The molecule has 0 saturated carbocycles. The average Bonchev–Trinajstić information content (AvgIpc) is 3.19. The summed E-state index contributed by atoms with van der Waals surface area (Å²) in [6.07, 6.45) is 6.88. The van der Waals surface area contributed by atoms with Gasteiger partial charge in [-0.3, -0.25) is 5.01 Å². The first-order chi connectivity index (χ1) is 10.2. The van der Waals surface area contributed by atoms with Crippen molar-refractivity contribution in [3.63, 3.8) is 0 Å². The van der Waals surface area contributed by atoms with Gasteiger partial charge in [0.1, 0.15) is 0 Å². The molecule has 0 aliphatic carbocycles. The zero-order valence-corrected chi connectivity index (χ0v) is 11.3. The molecule has 1 aliphatic heterocycles. The maximum Gasteiger partial charge on any atom is 0.0879 e. The van der Waals surface area contributed by atoms with E-state index >= 15 is 0 Å². The van der Waals surface area contributed by atoms with Gasteiger partial charge in [0.2, 0.25) is 0 Å². The van der Waals surface area contributed by atoms with Crippen LogP contribution in [0.15, 0.2) is 36.9 Å². The fraction of sp³-hybridized carbons (Fsp3) is 0.167. The van der Waals surface area contributed by atoms with E-state index in [1.807, 2.05) is 29.3 Å². The zero-order chi connectivity index (χ0) is 14.4. The molecule has 1 aromatic carbocycles. The van der Waals surface area contributed by atoms with Crippen molar-refractivity contribution in [3.8, 4) is 5.69 Å². The Hall–Kier alpha value is -3.10. The number of benzene rings is 1. The molecule has 3 aromatic rings. The first kappa shape index (κ1) is 11.7. The van der Waals surface area contributed by atoms with Gasteiger partial charge >= 0.3 is 0 Å². The Kier molecular flexibility index (Phi) is 2.34. The van der Waals surface area contributed by atoms with E-state index in [9.17, 15) is 0 Å². The molecule has 0 fully saturated rings. The van der Waals surface area contributed by atoms with Crippen molar-refractivity contribution in [2.75, 3.05) is 22.9 Å². The van der Waals surface area contributed by atoms with E-state index < -0.39 is 0 Å². The molecule has 2 aromatic heterocycles. The highest BCUT2D eigenvalue weighted by Gasteiger charge is 2.29. The molecule has 2 N–H and O–H groups in total. The Morgan fingerprint density at radius 2 is 1.81 bits per heavy atom. The van der Waals surface area contributed by atoms with Crippen LogP contribution in [0.2, 0.25) is 0 Å². The molecule has 0 spiro atoms. The molecule has 9 nitrogen and oxygen atoms in total. The number of nitrogen functional groups attached to an aromatic ring is 1. The third kappa shape index (κ3) is 1.71. The Bertz CT molecular complexity index is 762.